The van der Waals surface area contributed by atoms with Crippen LogP contribution in [0.3, 0.4) is 0 Å². The van der Waals surface area contributed by atoms with Crippen molar-refractivity contribution in [2.75, 3.05) is 6.61 Å². The molecule has 0 rings (SSSR count). The van der Waals surface area contributed by atoms with Crippen LogP contribution >= 0.6 is 0 Å². The molecule has 2 nitrogen and oxygen atoms in total. The normalized spacial score (nSPS) is 13.3. The molecule has 0 amide bonds. The van der Waals surface area contributed by atoms with E-state index < -0.39 is 8.32 Å². The van der Waals surface area contributed by atoms with E-state index in [0.717, 1.165) is 0 Å². The second-order valence-electron chi connectivity index (χ2n) is 4.91. The molecule has 3 heteroatoms. The SMILES string of the molecule is C=C(/C=C/CO)O[Si](C)(C)C(C)(C)C. The number of hydrogen-bond acceptors (Lipinski definition) is 2. The highest BCUT2D eigenvalue weighted by atomic mass is 28.4. The number of hydrogen-bond donors (Lipinski definition) is 1. The number of allylic oxidation sites excluding steroid dienone is 1. The molecule has 0 aliphatic rings. The minimum Gasteiger partial charge on any atom is -0.544 e. The summed E-state index contributed by atoms with van der Waals surface area (Å²) < 4.78 is 5.85. The van der Waals surface area contributed by atoms with Crippen molar-refractivity contribution in [1.29, 1.82) is 0 Å². The van der Waals surface area contributed by atoms with Gasteiger partial charge in [-0.3, -0.25) is 0 Å². The van der Waals surface area contributed by atoms with Crippen LogP contribution in [0.5, 0.6) is 0 Å². The molecule has 0 aliphatic carbocycles. The lowest BCUT2D eigenvalue weighted by Crippen LogP contribution is -2.40. The Hall–Kier alpha value is -0.543. The summed E-state index contributed by atoms with van der Waals surface area (Å²) in [6.07, 6.45) is 3.36. The number of aliphatic hydroxyl groups is 1. The van der Waals surface area contributed by atoms with Gasteiger partial charge in [-0.15, -0.1) is 0 Å². The molecule has 1 N–H and O–H groups in total. The Morgan fingerprint density at radius 3 is 2.29 bits per heavy atom. The first kappa shape index (κ1) is 13.5. The van der Waals surface area contributed by atoms with Crippen molar-refractivity contribution in [2.24, 2.45) is 0 Å². The van der Waals surface area contributed by atoms with Gasteiger partial charge in [0.05, 0.1) is 12.4 Å². The average molecular weight is 214 g/mol. The molecule has 0 fully saturated rings. The molecule has 0 bridgehead atoms. The Labute approximate surface area is 88.4 Å². The monoisotopic (exact) mass is 214 g/mol. The van der Waals surface area contributed by atoms with Crippen molar-refractivity contribution >= 4 is 8.32 Å². The van der Waals surface area contributed by atoms with Crippen LogP contribution in [0.25, 0.3) is 0 Å². The Morgan fingerprint density at radius 2 is 1.93 bits per heavy atom. The highest BCUT2D eigenvalue weighted by molar-refractivity contribution is 6.74. The molecule has 0 unspecified atom stereocenters. The third-order valence-electron chi connectivity index (χ3n) is 2.60. The summed E-state index contributed by atoms with van der Waals surface area (Å²) in [5.74, 6) is 0.644. The zero-order valence-corrected chi connectivity index (χ0v) is 10.9. The maximum absolute atomic E-state index is 8.60. The highest BCUT2D eigenvalue weighted by Crippen LogP contribution is 2.37. The van der Waals surface area contributed by atoms with Gasteiger partial charge in [0.15, 0.2) is 0 Å². The summed E-state index contributed by atoms with van der Waals surface area (Å²) in [6.45, 7) is 14.7. The molecule has 0 saturated heterocycles. The lowest BCUT2D eigenvalue weighted by atomic mass is 10.2. The maximum atomic E-state index is 8.60. The molecule has 0 saturated carbocycles. The molecule has 0 aliphatic heterocycles. The van der Waals surface area contributed by atoms with Gasteiger partial charge >= 0.3 is 0 Å². The van der Waals surface area contributed by atoms with Crippen molar-refractivity contribution in [1.82, 2.24) is 0 Å². The van der Waals surface area contributed by atoms with E-state index in [1.54, 1.807) is 12.2 Å². The van der Waals surface area contributed by atoms with Gasteiger partial charge in [-0.25, -0.2) is 0 Å². The predicted molar refractivity (Wildman–Crippen MR) is 63.6 cm³/mol. The van der Waals surface area contributed by atoms with E-state index >= 15 is 0 Å². The first-order valence-corrected chi connectivity index (χ1v) is 7.77. The second-order valence-corrected chi connectivity index (χ2v) is 9.64. The highest BCUT2D eigenvalue weighted by Gasteiger charge is 2.38. The van der Waals surface area contributed by atoms with Gasteiger partial charge in [0, 0.05) is 0 Å². The van der Waals surface area contributed by atoms with E-state index in [0.29, 0.717) is 5.76 Å². The van der Waals surface area contributed by atoms with Crippen LogP contribution in [-0.4, -0.2) is 20.0 Å². The van der Waals surface area contributed by atoms with Crippen LogP contribution in [0.1, 0.15) is 20.8 Å². The van der Waals surface area contributed by atoms with Gasteiger partial charge in [0.2, 0.25) is 8.32 Å². The van der Waals surface area contributed by atoms with E-state index in [4.69, 9.17) is 9.53 Å². The molecule has 0 aromatic rings. The summed E-state index contributed by atoms with van der Waals surface area (Å²) >= 11 is 0. The molecular weight excluding hydrogens is 192 g/mol. The maximum Gasteiger partial charge on any atom is 0.250 e. The minimum absolute atomic E-state index is 0.0277. The Balaban J connectivity index is 4.37. The van der Waals surface area contributed by atoms with Crippen molar-refractivity contribution in [3.8, 4) is 0 Å². The smallest absolute Gasteiger partial charge is 0.250 e. The molecule has 0 radical (unpaired) electrons. The first-order chi connectivity index (χ1) is 6.20. The summed E-state index contributed by atoms with van der Waals surface area (Å²) in [6, 6.07) is 0. The standard InChI is InChI=1S/C11H22O2Si/c1-10(8-7-9-12)13-14(5,6)11(2,3)4/h7-8,12H,1,9H2,2-6H3/b8-7+. The van der Waals surface area contributed by atoms with Crippen molar-refractivity contribution in [2.45, 2.75) is 38.9 Å². The molecule has 0 heterocycles. The third-order valence-corrected chi connectivity index (χ3v) is 6.99. The van der Waals surface area contributed by atoms with Crippen molar-refractivity contribution in [3.63, 3.8) is 0 Å². The number of rotatable bonds is 4. The van der Waals surface area contributed by atoms with Gasteiger partial charge < -0.3 is 9.53 Å². The summed E-state index contributed by atoms with van der Waals surface area (Å²) in [5, 5.41) is 8.78. The Morgan fingerprint density at radius 1 is 1.43 bits per heavy atom. The van der Waals surface area contributed by atoms with Gasteiger partial charge in [-0.2, -0.15) is 0 Å². The second kappa shape index (κ2) is 4.80. The van der Waals surface area contributed by atoms with Gasteiger partial charge in [-0.05, 0) is 24.2 Å². The van der Waals surface area contributed by atoms with E-state index in [9.17, 15) is 0 Å². The van der Waals surface area contributed by atoms with Crippen LogP contribution in [0.15, 0.2) is 24.5 Å². The van der Waals surface area contributed by atoms with Crippen molar-refractivity contribution in [3.05, 3.63) is 24.5 Å². The molecule has 14 heavy (non-hydrogen) atoms. The number of aliphatic hydroxyl groups excluding tert-OH is 1. The zero-order chi connectivity index (χ0) is 11.4. The Bertz CT molecular complexity index is 224. The lowest BCUT2D eigenvalue weighted by Gasteiger charge is -2.36. The van der Waals surface area contributed by atoms with Gasteiger partial charge in [-0.1, -0.05) is 33.4 Å². The fourth-order valence-electron chi connectivity index (χ4n) is 0.699. The van der Waals surface area contributed by atoms with E-state index in [2.05, 4.69) is 40.4 Å². The third kappa shape index (κ3) is 4.11. The van der Waals surface area contributed by atoms with Crippen LogP contribution in [0.4, 0.5) is 0 Å². The van der Waals surface area contributed by atoms with E-state index in [-0.39, 0.29) is 11.6 Å². The summed E-state index contributed by atoms with van der Waals surface area (Å²) in [5.41, 5.74) is 0. The molecule has 0 atom stereocenters. The van der Waals surface area contributed by atoms with Crippen LogP contribution in [0, 0.1) is 0 Å². The van der Waals surface area contributed by atoms with Crippen LogP contribution < -0.4 is 0 Å². The summed E-state index contributed by atoms with van der Waals surface area (Å²) in [7, 11) is -1.75. The fourth-order valence-corrected chi connectivity index (χ4v) is 1.73. The predicted octanol–water partition coefficient (Wildman–Crippen LogP) is 3.07. The van der Waals surface area contributed by atoms with Gasteiger partial charge in [0.1, 0.15) is 0 Å². The largest absolute Gasteiger partial charge is 0.544 e. The van der Waals surface area contributed by atoms with Crippen molar-refractivity contribution < 1.29 is 9.53 Å². The molecular formula is C11H22O2Si. The molecule has 0 aromatic carbocycles. The van der Waals surface area contributed by atoms with Crippen LogP contribution in [-0.2, 0) is 4.43 Å². The van der Waals surface area contributed by atoms with E-state index in [1.807, 2.05) is 0 Å². The Kier molecular flexibility index (Phi) is 4.61. The van der Waals surface area contributed by atoms with Gasteiger partial charge in [0.25, 0.3) is 0 Å². The molecule has 0 spiro atoms. The molecule has 0 aromatic heterocycles. The topological polar surface area (TPSA) is 29.5 Å². The van der Waals surface area contributed by atoms with Crippen LogP contribution in [0.2, 0.25) is 18.1 Å². The van der Waals surface area contributed by atoms with E-state index in [1.165, 1.54) is 0 Å². The molecule has 82 valence electrons. The zero-order valence-electron chi connectivity index (χ0n) is 9.92. The quantitative estimate of drug-likeness (QED) is 0.443. The summed E-state index contributed by atoms with van der Waals surface area (Å²) in [4.78, 5) is 0. The minimum atomic E-state index is -1.75. The first-order valence-electron chi connectivity index (χ1n) is 4.86. The lowest BCUT2D eigenvalue weighted by molar-refractivity contribution is 0.341. The average Bonchev–Trinajstić information content (AvgIpc) is 1.97. The fraction of sp³-hybridized carbons (Fsp3) is 0.636.